The standard InChI is InChI=1S/C19H23BrO2/c20-18-8-14-6-15(10-18)19(12-17(21)22,16(7-14)11-18)9-13-4-2-1-3-5-13/h1-5,14-16H,6-12H2,(H,21,22)/t14?,15?,16?,18-,19-. The van der Waals surface area contributed by atoms with Crippen LogP contribution >= 0.6 is 15.9 Å². The number of alkyl halides is 1. The lowest BCUT2D eigenvalue weighted by Crippen LogP contribution is -2.59. The molecule has 0 aromatic heterocycles. The van der Waals surface area contributed by atoms with Gasteiger partial charge in [0.05, 0.1) is 6.42 Å². The molecule has 1 aromatic rings. The Bertz CT molecular complexity index is 566. The second-order valence-corrected chi connectivity index (χ2v) is 9.64. The lowest BCUT2D eigenvalue weighted by molar-refractivity contribution is -0.152. The molecule has 4 saturated carbocycles. The van der Waals surface area contributed by atoms with Crippen LogP contribution in [0.1, 0.15) is 44.1 Å². The van der Waals surface area contributed by atoms with Crippen LogP contribution in [0.2, 0.25) is 0 Å². The van der Waals surface area contributed by atoms with Crippen LogP contribution in [0.15, 0.2) is 30.3 Å². The van der Waals surface area contributed by atoms with E-state index in [1.54, 1.807) is 0 Å². The minimum Gasteiger partial charge on any atom is -0.481 e. The normalized spacial score (nSPS) is 42.5. The van der Waals surface area contributed by atoms with Gasteiger partial charge in [0.25, 0.3) is 0 Å². The van der Waals surface area contributed by atoms with Gasteiger partial charge in [0.1, 0.15) is 0 Å². The molecular weight excluding hydrogens is 340 g/mol. The van der Waals surface area contributed by atoms with Crippen LogP contribution in [-0.4, -0.2) is 15.4 Å². The van der Waals surface area contributed by atoms with Gasteiger partial charge in [-0.1, -0.05) is 46.3 Å². The highest BCUT2D eigenvalue weighted by Gasteiger charge is 2.61. The summed E-state index contributed by atoms with van der Waals surface area (Å²) in [6.45, 7) is 0. The lowest BCUT2D eigenvalue weighted by atomic mass is 9.43. The summed E-state index contributed by atoms with van der Waals surface area (Å²) in [6.07, 6.45) is 7.39. The van der Waals surface area contributed by atoms with Crippen molar-refractivity contribution in [1.82, 2.24) is 0 Å². The number of carboxylic acids is 1. The number of hydrogen-bond donors (Lipinski definition) is 1. The quantitative estimate of drug-likeness (QED) is 0.790. The van der Waals surface area contributed by atoms with Crippen molar-refractivity contribution < 1.29 is 9.90 Å². The smallest absolute Gasteiger partial charge is 0.303 e. The van der Waals surface area contributed by atoms with Gasteiger partial charge in [-0.25, -0.2) is 0 Å². The predicted molar refractivity (Wildman–Crippen MR) is 90.0 cm³/mol. The molecule has 118 valence electrons. The van der Waals surface area contributed by atoms with Gasteiger partial charge in [-0.05, 0) is 67.3 Å². The summed E-state index contributed by atoms with van der Waals surface area (Å²) in [5.41, 5.74) is 1.28. The third-order valence-corrected chi connectivity index (χ3v) is 7.57. The molecule has 2 unspecified atom stereocenters. The zero-order valence-electron chi connectivity index (χ0n) is 12.8. The Balaban J connectivity index is 1.71. The van der Waals surface area contributed by atoms with Gasteiger partial charge in [-0.3, -0.25) is 4.79 Å². The fraction of sp³-hybridized carbons (Fsp3) is 0.632. The molecule has 2 nitrogen and oxygen atoms in total. The highest BCUT2D eigenvalue weighted by Crippen LogP contribution is 2.67. The SMILES string of the molecule is O=C(O)C[C@]1(Cc2ccccc2)C2CC3CC1C[C@@](Br)(C3)C2. The first-order valence-corrected chi connectivity index (χ1v) is 9.23. The van der Waals surface area contributed by atoms with Gasteiger partial charge >= 0.3 is 5.97 Å². The van der Waals surface area contributed by atoms with Crippen LogP contribution in [0, 0.1) is 23.2 Å². The van der Waals surface area contributed by atoms with Crippen LogP contribution in [0.5, 0.6) is 0 Å². The van der Waals surface area contributed by atoms with Crippen LogP contribution in [0.25, 0.3) is 0 Å². The molecule has 2 atom stereocenters. The summed E-state index contributed by atoms with van der Waals surface area (Å²) in [5, 5.41) is 9.59. The van der Waals surface area contributed by atoms with Crippen LogP contribution in [0.3, 0.4) is 0 Å². The predicted octanol–water partition coefficient (Wildman–Crippen LogP) is 4.66. The topological polar surface area (TPSA) is 37.3 Å². The summed E-state index contributed by atoms with van der Waals surface area (Å²) in [5.74, 6) is 1.32. The average Bonchev–Trinajstić information content (AvgIpc) is 2.43. The first-order chi connectivity index (χ1) is 10.5. The number of aliphatic carboxylic acids is 1. The van der Waals surface area contributed by atoms with E-state index in [1.165, 1.54) is 37.7 Å². The Labute approximate surface area is 140 Å². The van der Waals surface area contributed by atoms with E-state index < -0.39 is 5.97 Å². The highest BCUT2D eigenvalue weighted by molar-refractivity contribution is 9.10. The van der Waals surface area contributed by atoms with Gasteiger partial charge in [-0.15, -0.1) is 0 Å². The average molecular weight is 363 g/mol. The van der Waals surface area contributed by atoms with E-state index in [0.29, 0.717) is 22.6 Å². The summed E-state index contributed by atoms with van der Waals surface area (Å²) in [6, 6.07) is 10.5. The van der Waals surface area contributed by atoms with Crippen LogP contribution in [-0.2, 0) is 11.2 Å². The molecule has 0 saturated heterocycles. The van der Waals surface area contributed by atoms with Crippen molar-refractivity contribution in [3.63, 3.8) is 0 Å². The van der Waals surface area contributed by atoms with E-state index >= 15 is 0 Å². The largest absolute Gasteiger partial charge is 0.481 e. The molecule has 1 N–H and O–H groups in total. The monoisotopic (exact) mass is 362 g/mol. The van der Waals surface area contributed by atoms with E-state index in [-0.39, 0.29) is 5.41 Å². The Morgan fingerprint density at radius 2 is 1.77 bits per heavy atom. The molecule has 0 aliphatic heterocycles. The maximum absolute atomic E-state index is 11.7. The van der Waals surface area contributed by atoms with Crippen molar-refractivity contribution in [2.75, 3.05) is 0 Å². The van der Waals surface area contributed by atoms with Gasteiger partial charge in [0, 0.05) is 4.32 Å². The van der Waals surface area contributed by atoms with Gasteiger partial charge in [0.2, 0.25) is 0 Å². The van der Waals surface area contributed by atoms with Crippen molar-refractivity contribution >= 4 is 21.9 Å². The highest BCUT2D eigenvalue weighted by atomic mass is 79.9. The van der Waals surface area contributed by atoms with E-state index in [4.69, 9.17) is 0 Å². The van der Waals surface area contributed by atoms with Crippen LogP contribution in [0.4, 0.5) is 0 Å². The maximum Gasteiger partial charge on any atom is 0.303 e. The second-order valence-electron chi connectivity index (χ2n) is 7.96. The zero-order chi connectivity index (χ0) is 15.4. The molecule has 0 amide bonds. The molecule has 0 radical (unpaired) electrons. The molecular formula is C19H23BrO2. The molecule has 0 spiro atoms. The molecule has 4 aliphatic carbocycles. The molecule has 4 bridgehead atoms. The lowest BCUT2D eigenvalue weighted by Gasteiger charge is -2.64. The van der Waals surface area contributed by atoms with Crippen molar-refractivity contribution in [3.05, 3.63) is 35.9 Å². The first-order valence-electron chi connectivity index (χ1n) is 8.44. The minimum absolute atomic E-state index is 0.0264. The fourth-order valence-electron chi connectivity index (χ4n) is 5.99. The Morgan fingerprint density at radius 1 is 1.14 bits per heavy atom. The third-order valence-electron chi connectivity index (χ3n) is 6.60. The number of hydrogen-bond acceptors (Lipinski definition) is 1. The van der Waals surface area contributed by atoms with E-state index in [1.807, 2.05) is 6.07 Å². The molecule has 5 rings (SSSR count). The summed E-state index contributed by atoms with van der Waals surface area (Å²) in [4.78, 5) is 11.7. The van der Waals surface area contributed by atoms with E-state index in [2.05, 4.69) is 40.2 Å². The van der Waals surface area contributed by atoms with Crippen molar-refractivity contribution in [2.45, 2.75) is 49.3 Å². The Morgan fingerprint density at radius 3 is 2.32 bits per heavy atom. The molecule has 3 heteroatoms. The van der Waals surface area contributed by atoms with E-state index in [0.717, 1.165) is 12.3 Å². The molecule has 22 heavy (non-hydrogen) atoms. The fourth-order valence-corrected chi connectivity index (χ4v) is 7.23. The number of rotatable bonds is 4. The van der Waals surface area contributed by atoms with Crippen LogP contribution < -0.4 is 0 Å². The van der Waals surface area contributed by atoms with Gasteiger partial charge < -0.3 is 5.11 Å². The zero-order valence-corrected chi connectivity index (χ0v) is 14.4. The molecule has 0 heterocycles. The molecule has 4 aliphatic rings. The number of halogens is 1. The maximum atomic E-state index is 11.7. The van der Waals surface area contributed by atoms with E-state index in [9.17, 15) is 9.90 Å². The second kappa shape index (κ2) is 5.09. The first kappa shape index (κ1) is 14.7. The van der Waals surface area contributed by atoms with Crippen molar-refractivity contribution in [3.8, 4) is 0 Å². The third kappa shape index (κ3) is 2.33. The minimum atomic E-state index is -0.618. The number of carbonyl (C=O) groups is 1. The van der Waals surface area contributed by atoms with Crippen molar-refractivity contribution in [1.29, 1.82) is 0 Å². The van der Waals surface area contributed by atoms with Crippen molar-refractivity contribution in [2.24, 2.45) is 23.2 Å². The van der Waals surface area contributed by atoms with Gasteiger partial charge in [-0.2, -0.15) is 0 Å². The Hall–Kier alpha value is -0.830. The summed E-state index contributed by atoms with van der Waals surface area (Å²) in [7, 11) is 0. The Kier molecular flexibility index (Phi) is 3.41. The van der Waals surface area contributed by atoms with Gasteiger partial charge in [0.15, 0.2) is 0 Å². The number of carboxylic acid groups (broad SMARTS) is 1. The summed E-state index contributed by atoms with van der Waals surface area (Å²) >= 11 is 4.01. The molecule has 4 fully saturated rings. The number of benzene rings is 1. The summed E-state index contributed by atoms with van der Waals surface area (Å²) < 4.78 is 0.308. The molecule has 1 aromatic carbocycles.